The van der Waals surface area contributed by atoms with Crippen molar-refractivity contribution in [3.63, 3.8) is 0 Å². The maximum atomic E-state index is 5.92. The minimum atomic E-state index is 0.197. The molecule has 0 aromatic heterocycles. The zero-order valence-corrected chi connectivity index (χ0v) is 9.98. The molecular weight excluding hydrogens is 206 g/mol. The van der Waals surface area contributed by atoms with Gasteiger partial charge in [0, 0.05) is 10.6 Å². The summed E-state index contributed by atoms with van der Waals surface area (Å²) < 4.78 is 0. The van der Waals surface area contributed by atoms with Gasteiger partial charge >= 0.3 is 0 Å². The molecular formula is C13H18ClN. The van der Waals surface area contributed by atoms with Crippen LogP contribution in [0, 0.1) is 0 Å². The summed E-state index contributed by atoms with van der Waals surface area (Å²) in [6, 6.07) is 8.30. The first-order valence-electron chi connectivity index (χ1n) is 5.72. The summed E-state index contributed by atoms with van der Waals surface area (Å²) in [5.41, 5.74) is 1.58. The van der Waals surface area contributed by atoms with Gasteiger partial charge in [0.05, 0.1) is 0 Å². The van der Waals surface area contributed by atoms with Crippen LogP contribution in [0.3, 0.4) is 0 Å². The second kappa shape index (κ2) is 4.54. The third-order valence-corrected chi connectivity index (χ3v) is 3.83. The van der Waals surface area contributed by atoms with Crippen LogP contribution in [0.25, 0.3) is 0 Å². The third-order valence-electron chi connectivity index (χ3n) is 3.58. The first kappa shape index (κ1) is 11.0. The summed E-state index contributed by atoms with van der Waals surface area (Å²) in [5.74, 6) is 0. The molecule has 0 amide bonds. The van der Waals surface area contributed by atoms with Gasteiger partial charge in [-0.2, -0.15) is 0 Å². The van der Waals surface area contributed by atoms with Crippen molar-refractivity contribution in [1.29, 1.82) is 0 Å². The summed E-state index contributed by atoms with van der Waals surface area (Å²) in [6.45, 7) is 0. The molecule has 0 spiro atoms. The number of hydrogen-bond acceptors (Lipinski definition) is 1. The number of hydrogen-bond donors (Lipinski definition) is 1. The minimum Gasteiger partial charge on any atom is -0.310 e. The molecule has 1 fully saturated rings. The highest BCUT2D eigenvalue weighted by atomic mass is 35.5. The summed E-state index contributed by atoms with van der Waals surface area (Å²) in [4.78, 5) is 0. The summed E-state index contributed by atoms with van der Waals surface area (Å²) in [6.07, 6.45) is 6.50. The second-order valence-corrected chi connectivity index (χ2v) is 4.84. The van der Waals surface area contributed by atoms with Crippen molar-refractivity contribution < 1.29 is 0 Å². The van der Waals surface area contributed by atoms with Crippen LogP contribution < -0.4 is 5.32 Å². The molecule has 1 nitrogen and oxygen atoms in total. The summed E-state index contributed by atoms with van der Waals surface area (Å²) >= 11 is 5.92. The topological polar surface area (TPSA) is 12.0 Å². The molecule has 1 aromatic rings. The lowest BCUT2D eigenvalue weighted by molar-refractivity contribution is 0.250. The number of benzene rings is 1. The highest BCUT2D eigenvalue weighted by Gasteiger charge is 2.31. The maximum absolute atomic E-state index is 5.92. The quantitative estimate of drug-likeness (QED) is 0.806. The predicted molar refractivity (Wildman–Crippen MR) is 65.3 cm³/mol. The fourth-order valence-corrected chi connectivity index (χ4v) is 2.73. The van der Waals surface area contributed by atoms with Gasteiger partial charge in [-0.1, -0.05) is 43.0 Å². The molecule has 15 heavy (non-hydrogen) atoms. The largest absolute Gasteiger partial charge is 0.310 e. The van der Waals surface area contributed by atoms with Gasteiger partial charge in [-0.3, -0.25) is 0 Å². The van der Waals surface area contributed by atoms with Crippen molar-refractivity contribution in [2.45, 2.75) is 37.6 Å². The van der Waals surface area contributed by atoms with E-state index in [1.165, 1.54) is 37.7 Å². The molecule has 1 aliphatic carbocycles. The van der Waals surface area contributed by atoms with E-state index >= 15 is 0 Å². The third kappa shape index (κ3) is 2.19. The van der Waals surface area contributed by atoms with Crippen molar-refractivity contribution in [2.24, 2.45) is 0 Å². The highest BCUT2D eigenvalue weighted by molar-refractivity contribution is 6.30. The van der Waals surface area contributed by atoms with E-state index in [-0.39, 0.29) is 5.54 Å². The van der Waals surface area contributed by atoms with Crippen molar-refractivity contribution in [3.8, 4) is 0 Å². The maximum Gasteiger partial charge on any atom is 0.0432 e. The van der Waals surface area contributed by atoms with Gasteiger partial charge < -0.3 is 5.32 Å². The van der Waals surface area contributed by atoms with E-state index < -0.39 is 0 Å². The van der Waals surface area contributed by atoms with Gasteiger partial charge in [0.25, 0.3) is 0 Å². The zero-order chi connectivity index (χ0) is 10.7. The minimum absolute atomic E-state index is 0.197. The zero-order valence-electron chi connectivity index (χ0n) is 9.22. The van der Waals surface area contributed by atoms with E-state index in [0.717, 1.165) is 5.02 Å². The van der Waals surface area contributed by atoms with Crippen molar-refractivity contribution in [1.82, 2.24) is 5.32 Å². The first-order valence-corrected chi connectivity index (χ1v) is 6.10. The van der Waals surface area contributed by atoms with E-state index in [1.807, 2.05) is 12.1 Å². The Morgan fingerprint density at radius 3 is 2.20 bits per heavy atom. The van der Waals surface area contributed by atoms with Crippen LogP contribution in [-0.2, 0) is 5.54 Å². The molecule has 0 bridgehead atoms. The average Bonchev–Trinajstić information content (AvgIpc) is 2.31. The van der Waals surface area contributed by atoms with Crippen molar-refractivity contribution >= 4 is 11.6 Å². The molecule has 0 unspecified atom stereocenters. The van der Waals surface area contributed by atoms with Crippen molar-refractivity contribution in [3.05, 3.63) is 34.9 Å². The Bertz CT molecular complexity index is 312. The van der Waals surface area contributed by atoms with Crippen molar-refractivity contribution in [2.75, 3.05) is 7.05 Å². The van der Waals surface area contributed by atoms with Gasteiger partial charge in [-0.25, -0.2) is 0 Å². The average molecular weight is 224 g/mol. The molecule has 1 aliphatic rings. The SMILES string of the molecule is CNC1(c2ccc(Cl)cc2)CCCCC1. The lowest BCUT2D eigenvalue weighted by Gasteiger charge is -2.37. The summed E-state index contributed by atoms with van der Waals surface area (Å²) in [7, 11) is 2.07. The van der Waals surface area contributed by atoms with Gasteiger partial charge in [0.15, 0.2) is 0 Å². The van der Waals surface area contributed by atoms with Gasteiger partial charge in [0.2, 0.25) is 0 Å². The van der Waals surface area contributed by atoms with E-state index in [1.54, 1.807) is 0 Å². The normalized spacial score (nSPS) is 20.1. The summed E-state index contributed by atoms with van der Waals surface area (Å²) in [5, 5.41) is 4.33. The van der Waals surface area contributed by atoms with Crippen LogP contribution in [-0.4, -0.2) is 7.05 Å². The predicted octanol–water partition coefficient (Wildman–Crippen LogP) is 3.72. The fraction of sp³-hybridized carbons (Fsp3) is 0.538. The van der Waals surface area contributed by atoms with Crippen LogP contribution in [0.5, 0.6) is 0 Å². The smallest absolute Gasteiger partial charge is 0.0432 e. The lowest BCUT2D eigenvalue weighted by Crippen LogP contribution is -2.41. The molecule has 1 saturated carbocycles. The van der Waals surface area contributed by atoms with E-state index in [2.05, 4.69) is 24.5 Å². The van der Waals surface area contributed by atoms with E-state index in [9.17, 15) is 0 Å². The first-order chi connectivity index (χ1) is 7.27. The Balaban J connectivity index is 2.28. The van der Waals surface area contributed by atoms with E-state index in [4.69, 9.17) is 11.6 Å². The Labute approximate surface area is 96.8 Å². The molecule has 0 saturated heterocycles. The Morgan fingerprint density at radius 2 is 1.67 bits per heavy atom. The Morgan fingerprint density at radius 1 is 1.07 bits per heavy atom. The molecule has 2 rings (SSSR count). The molecule has 1 aromatic carbocycles. The Kier molecular flexibility index (Phi) is 3.32. The number of nitrogens with one attached hydrogen (secondary N) is 1. The molecule has 0 atom stereocenters. The molecule has 0 heterocycles. The van der Waals surface area contributed by atoms with Gasteiger partial charge in [0.1, 0.15) is 0 Å². The van der Waals surface area contributed by atoms with Gasteiger partial charge in [-0.15, -0.1) is 0 Å². The second-order valence-electron chi connectivity index (χ2n) is 4.40. The highest BCUT2D eigenvalue weighted by Crippen LogP contribution is 2.36. The van der Waals surface area contributed by atoms with Crippen LogP contribution in [0.15, 0.2) is 24.3 Å². The Hall–Kier alpha value is -0.530. The van der Waals surface area contributed by atoms with Crippen LogP contribution in [0.4, 0.5) is 0 Å². The monoisotopic (exact) mass is 223 g/mol. The molecule has 0 radical (unpaired) electrons. The number of rotatable bonds is 2. The van der Waals surface area contributed by atoms with Gasteiger partial charge in [-0.05, 0) is 37.6 Å². The molecule has 2 heteroatoms. The van der Waals surface area contributed by atoms with Crippen LogP contribution >= 0.6 is 11.6 Å². The molecule has 1 N–H and O–H groups in total. The number of halogens is 1. The van der Waals surface area contributed by atoms with Crippen LogP contribution in [0.2, 0.25) is 5.02 Å². The van der Waals surface area contributed by atoms with Crippen LogP contribution in [0.1, 0.15) is 37.7 Å². The molecule has 82 valence electrons. The molecule has 0 aliphatic heterocycles. The standard InChI is InChI=1S/C13H18ClN/c1-15-13(9-3-2-4-10-13)11-5-7-12(14)8-6-11/h5-8,15H,2-4,9-10H2,1H3. The van der Waals surface area contributed by atoms with E-state index in [0.29, 0.717) is 0 Å². The fourth-order valence-electron chi connectivity index (χ4n) is 2.61. The lowest BCUT2D eigenvalue weighted by atomic mass is 9.77.